The summed E-state index contributed by atoms with van der Waals surface area (Å²) < 4.78 is 8.06. The van der Waals surface area contributed by atoms with E-state index in [2.05, 4.69) is 49.6 Å². The molecule has 1 aliphatic heterocycles. The predicted octanol–water partition coefficient (Wildman–Crippen LogP) is 4.12. The van der Waals surface area contributed by atoms with Gasteiger partial charge in [0.2, 0.25) is 0 Å². The minimum absolute atomic E-state index is 0.358. The van der Waals surface area contributed by atoms with Crippen LogP contribution in [-0.4, -0.2) is 33.7 Å². The van der Waals surface area contributed by atoms with Crippen molar-refractivity contribution < 1.29 is 4.74 Å². The SMILES string of the molecule is c1ccc(-n2cccc2CN(Cc2ccsc2)C[C@H]2CCCO2)nc1. The highest BCUT2D eigenvalue weighted by molar-refractivity contribution is 7.07. The fourth-order valence-electron chi connectivity index (χ4n) is 3.40. The minimum Gasteiger partial charge on any atom is -0.377 e. The molecule has 5 heteroatoms. The van der Waals surface area contributed by atoms with Gasteiger partial charge in [-0.3, -0.25) is 4.90 Å². The Morgan fingerprint density at radius 3 is 2.96 bits per heavy atom. The van der Waals surface area contributed by atoms with Crippen LogP contribution in [-0.2, 0) is 17.8 Å². The third kappa shape index (κ3) is 4.18. The predicted molar refractivity (Wildman–Crippen MR) is 101 cm³/mol. The number of aromatic nitrogens is 2. The molecule has 0 radical (unpaired) electrons. The Balaban J connectivity index is 1.53. The van der Waals surface area contributed by atoms with Gasteiger partial charge in [-0.2, -0.15) is 11.3 Å². The molecule has 0 amide bonds. The molecule has 3 aromatic rings. The van der Waals surface area contributed by atoms with Gasteiger partial charge in [-0.15, -0.1) is 0 Å². The van der Waals surface area contributed by atoms with E-state index in [0.29, 0.717) is 6.10 Å². The lowest BCUT2D eigenvalue weighted by molar-refractivity contribution is 0.0673. The van der Waals surface area contributed by atoms with E-state index >= 15 is 0 Å². The van der Waals surface area contributed by atoms with Crippen LogP contribution in [0.4, 0.5) is 0 Å². The average molecular weight is 353 g/mol. The topological polar surface area (TPSA) is 30.3 Å². The van der Waals surface area contributed by atoms with Crippen LogP contribution in [0.3, 0.4) is 0 Å². The molecule has 130 valence electrons. The lowest BCUT2D eigenvalue weighted by atomic mass is 10.2. The number of nitrogens with zero attached hydrogens (tertiary/aromatic N) is 3. The highest BCUT2D eigenvalue weighted by atomic mass is 32.1. The number of pyridine rings is 1. The van der Waals surface area contributed by atoms with E-state index in [1.165, 1.54) is 24.1 Å². The van der Waals surface area contributed by atoms with E-state index in [1.807, 2.05) is 24.4 Å². The average Bonchev–Trinajstić information content (AvgIpc) is 3.38. The van der Waals surface area contributed by atoms with Gasteiger partial charge in [-0.05, 0) is 59.5 Å². The fourth-order valence-corrected chi connectivity index (χ4v) is 4.06. The largest absolute Gasteiger partial charge is 0.377 e. The van der Waals surface area contributed by atoms with Crippen LogP contribution in [0.5, 0.6) is 0 Å². The summed E-state index contributed by atoms with van der Waals surface area (Å²) in [5.41, 5.74) is 2.63. The molecule has 1 atom stereocenters. The number of ether oxygens (including phenoxy) is 1. The molecule has 25 heavy (non-hydrogen) atoms. The molecule has 3 aromatic heterocycles. The first-order valence-electron chi connectivity index (χ1n) is 8.81. The molecule has 0 bridgehead atoms. The molecule has 0 N–H and O–H groups in total. The number of thiophene rings is 1. The zero-order valence-corrected chi connectivity index (χ0v) is 15.1. The monoisotopic (exact) mass is 353 g/mol. The standard InChI is InChI=1S/C20H23N3OS/c1-2-9-21-20(7-1)23-10-3-5-18(23)14-22(13-17-8-12-25-16-17)15-19-6-4-11-24-19/h1-3,5,7-10,12,16,19H,4,6,11,13-15H2/t19-/m1/s1. The van der Waals surface area contributed by atoms with Gasteiger partial charge in [-0.25, -0.2) is 4.98 Å². The van der Waals surface area contributed by atoms with E-state index in [1.54, 1.807) is 11.3 Å². The van der Waals surface area contributed by atoms with Gasteiger partial charge in [0.05, 0.1) is 6.10 Å². The van der Waals surface area contributed by atoms with E-state index in [-0.39, 0.29) is 0 Å². The van der Waals surface area contributed by atoms with Crippen LogP contribution in [0.25, 0.3) is 5.82 Å². The van der Waals surface area contributed by atoms with Gasteiger partial charge in [0.15, 0.2) is 0 Å². The van der Waals surface area contributed by atoms with Crippen LogP contribution in [0, 0.1) is 0 Å². The summed E-state index contributed by atoms with van der Waals surface area (Å²) in [5.74, 6) is 0.968. The number of hydrogen-bond acceptors (Lipinski definition) is 4. The fraction of sp³-hybridized carbons (Fsp3) is 0.350. The van der Waals surface area contributed by atoms with Gasteiger partial charge in [-0.1, -0.05) is 6.07 Å². The minimum atomic E-state index is 0.358. The van der Waals surface area contributed by atoms with Crippen LogP contribution < -0.4 is 0 Å². The van der Waals surface area contributed by atoms with Crippen molar-refractivity contribution in [2.45, 2.75) is 32.0 Å². The van der Waals surface area contributed by atoms with Crippen molar-refractivity contribution in [3.05, 3.63) is 70.8 Å². The molecule has 4 nitrogen and oxygen atoms in total. The Morgan fingerprint density at radius 1 is 1.20 bits per heavy atom. The summed E-state index contributed by atoms with van der Waals surface area (Å²) >= 11 is 1.76. The van der Waals surface area contributed by atoms with Gasteiger partial charge in [0, 0.05) is 44.3 Å². The molecule has 4 heterocycles. The molecule has 0 unspecified atom stereocenters. The second-order valence-corrected chi connectivity index (χ2v) is 7.27. The molecule has 0 aliphatic carbocycles. The summed E-state index contributed by atoms with van der Waals surface area (Å²) in [5, 5.41) is 4.39. The van der Waals surface area contributed by atoms with Crippen molar-refractivity contribution in [2.75, 3.05) is 13.2 Å². The Bertz CT molecular complexity index is 763. The first kappa shape index (κ1) is 16.5. The highest BCUT2D eigenvalue weighted by Crippen LogP contribution is 2.19. The third-order valence-corrected chi connectivity index (χ3v) is 5.32. The van der Waals surface area contributed by atoms with Gasteiger partial charge >= 0.3 is 0 Å². The highest BCUT2D eigenvalue weighted by Gasteiger charge is 2.20. The van der Waals surface area contributed by atoms with Gasteiger partial charge in [0.1, 0.15) is 5.82 Å². The molecular formula is C20H23N3OS. The Hall–Kier alpha value is -1.95. The van der Waals surface area contributed by atoms with Crippen LogP contribution in [0.2, 0.25) is 0 Å². The van der Waals surface area contributed by atoms with Crippen LogP contribution in [0.15, 0.2) is 59.6 Å². The summed E-state index contributed by atoms with van der Waals surface area (Å²) in [4.78, 5) is 6.98. The second-order valence-electron chi connectivity index (χ2n) is 6.49. The Labute approximate surface area is 152 Å². The third-order valence-electron chi connectivity index (χ3n) is 4.59. The van der Waals surface area contributed by atoms with E-state index in [0.717, 1.165) is 32.1 Å². The molecule has 0 spiro atoms. The Kier molecular flexibility index (Phi) is 5.25. The summed E-state index contributed by atoms with van der Waals surface area (Å²) in [6, 6.07) is 12.5. The van der Waals surface area contributed by atoms with Crippen LogP contribution in [0.1, 0.15) is 24.1 Å². The zero-order chi connectivity index (χ0) is 16.9. The number of rotatable bonds is 7. The van der Waals surface area contributed by atoms with E-state index in [9.17, 15) is 0 Å². The van der Waals surface area contributed by atoms with E-state index in [4.69, 9.17) is 4.74 Å². The van der Waals surface area contributed by atoms with Crippen LogP contribution >= 0.6 is 11.3 Å². The zero-order valence-electron chi connectivity index (χ0n) is 14.3. The molecule has 0 saturated carbocycles. The van der Waals surface area contributed by atoms with Gasteiger partial charge < -0.3 is 9.30 Å². The molecule has 1 fully saturated rings. The molecule has 1 saturated heterocycles. The van der Waals surface area contributed by atoms with Crippen molar-refractivity contribution in [1.29, 1.82) is 0 Å². The molecule has 4 rings (SSSR count). The molecular weight excluding hydrogens is 330 g/mol. The normalized spacial score (nSPS) is 17.4. The van der Waals surface area contributed by atoms with E-state index < -0.39 is 0 Å². The lowest BCUT2D eigenvalue weighted by Crippen LogP contribution is -2.32. The van der Waals surface area contributed by atoms with Crippen molar-refractivity contribution in [3.8, 4) is 5.82 Å². The molecule has 0 aromatic carbocycles. The van der Waals surface area contributed by atoms with Crippen molar-refractivity contribution >= 4 is 11.3 Å². The quantitative estimate of drug-likeness (QED) is 0.640. The van der Waals surface area contributed by atoms with Gasteiger partial charge in [0.25, 0.3) is 0 Å². The second kappa shape index (κ2) is 7.95. The smallest absolute Gasteiger partial charge is 0.136 e. The maximum atomic E-state index is 5.88. The molecule has 1 aliphatic rings. The first-order valence-corrected chi connectivity index (χ1v) is 9.75. The van der Waals surface area contributed by atoms with Crippen molar-refractivity contribution in [3.63, 3.8) is 0 Å². The van der Waals surface area contributed by atoms with Crippen molar-refractivity contribution in [1.82, 2.24) is 14.5 Å². The number of hydrogen-bond donors (Lipinski definition) is 0. The summed E-state index contributed by atoms with van der Waals surface area (Å²) in [7, 11) is 0. The first-order chi connectivity index (χ1) is 12.4. The summed E-state index contributed by atoms with van der Waals surface area (Å²) in [6.07, 6.45) is 6.64. The Morgan fingerprint density at radius 2 is 2.20 bits per heavy atom. The lowest BCUT2D eigenvalue weighted by Gasteiger charge is -2.25. The summed E-state index contributed by atoms with van der Waals surface area (Å²) in [6.45, 7) is 3.72. The maximum absolute atomic E-state index is 5.88. The van der Waals surface area contributed by atoms with Crippen molar-refractivity contribution in [2.24, 2.45) is 0 Å². The maximum Gasteiger partial charge on any atom is 0.136 e.